The van der Waals surface area contributed by atoms with Gasteiger partial charge in [0, 0.05) is 23.9 Å². The third-order valence-corrected chi connectivity index (χ3v) is 4.01. The number of aromatic amines is 1. The van der Waals surface area contributed by atoms with Crippen LogP contribution in [0.25, 0.3) is 16.5 Å². The fraction of sp³-hybridized carbons (Fsp3) is 0.400. The van der Waals surface area contributed by atoms with Crippen molar-refractivity contribution in [2.24, 2.45) is 0 Å². The van der Waals surface area contributed by atoms with Gasteiger partial charge >= 0.3 is 0 Å². The number of nitrogens with zero attached hydrogens (tertiary/aromatic N) is 1. The van der Waals surface area contributed by atoms with Crippen LogP contribution in [-0.4, -0.2) is 29.9 Å². The quantitative estimate of drug-likeness (QED) is 0.866. The summed E-state index contributed by atoms with van der Waals surface area (Å²) in [4.78, 5) is 0. The number of para-hydroxylation sites is 1. The molecule has 2 aliphatic rings. The largest absolute Gasteiger partial charge is 0.373 e. The van der Waals surface area contributed by atoms with Crippen molar-refractivity contribution in [2.75, 3.05) is 19.7 Å². The van der Waals surface area contributed by atoms with Gasteiger partial charge in [-0.15, -0.1) is 0 Å². The number of fused-ring (bicyclic) bond motifs is 1. The maximum absolute atomic E-state index is 5.60. The van der Waals surface area contributed by atoms with Crippen LogP contribution in [0.4, 0.5) is 0 Å². The van der Waals surface area contributed by atoms with E-state index in [0.717, 1.165) is 43.7 Å². The van der Waals surface area contributed by atoms with E-state index in [-0.39, 0.29) is 6.10 Å². The van der Waals surface area contributed by atoms with E-state index in [1.807, 2.05) is 0 Å². The van der Waals surface area contributed by atoms with E-state index in [1.165, 1.54) is 16.5 Å². The molecule has 4 nitrogen and oxygen atoms in total. The molecule has 0 bridgehead atoms. The van der Waals surface area contributed by atoms with Gasteiger partial charge in [0.15, 0.2) is 0 Å². The first-order valence-corrected chi connectivity index (χ1v) is 6.92. The van der Waals surface area contributed by atoms with Gasteiger partial charge in [-0.25, -0.2) is 0 Å². The predicted molar refractivity (Wildman–Crippen MR) is 74.9 cm³/mol. The summed E-state index contributed by atoms with van der Waals surface area (Å²) in [7, 11) is 0. The van der Waals surface area contributed by atoms with E-state index in [4.69, 9.17) is 4.74 Å². The summed E-state index contributed by atoms with van der Waals surface area (Å²) in [5.74, 6) is 0. The highest BCUT2D eigenvalue weighted by atomic mass is 16.5. The van der Waals surface area contributed by atoms with Gasteiger partial charge in [-0.05, 0) is 18.5 Å². The van der Waals surface area contributed by atoms with Crippen LogP contribution in [0.2, 0.25) is 0 Å². The second-order valence-corrected chi connectivity index (χ2v) is 5.18. The fourth-order valence-corrected chi connectivity index (χ4v) is 2.88. The molecule has 1 atom stereocenters. The van der Waals surface area contributed by atoms with Crippen molar-refractivity contribution in [3.8, 4) is 0 Å². The van der Waals surface area contributed by atoms with Crippen molar-refractivity contribution in [3.63, 3.8) is 0 Å². The van der Waals surface area contributed by atoms with Crippen LogP contribution in [0, 0.1) is 0 Å². The highest BCUT2D eigenvalue weighted by Gasteiger charge is 2.24. The Morgan fingerprint density at radius 1 is 1.32 bits per heavy atom. The second kappa shape index (κ2) is 4.47. The van der Waals surface area contributed by atoms with Crippen LogP contribution < -0.4 is 5.32 Å². The number of ether oxygens (including phenoxy) is 1. The summed E-state index contributed by atoms with van der Waals surface area (Å²) in [6, 6.07) is 6.38. The van der Waals surface area contributed by atoms with E-state index in [1.54, 1.807) is 0 Å². The molecule has 3 heterocycles. The summed E-state index contributed by atoms with van der Waals surface area (Å²) >= 11 is 0. The van der Waals surface area contributed by atoms with Crippen molar-refractivity contribution in [1.29, 1.82) is 0 Å². The lowest BCUT2D eigenvalue weighted by Gasteiger charge is -2.26. The number of benzene rings is 1. The van der Waals surface area contributed by atoms with Gasteiger partial charge < -0.3 is 10.1 Å². The zero-order valence-electron chi connectivity index (χ0n) is 10.8. The number of hydrogen-bond donors (Lipinski definition) is 2. The Kier molecular flexibility index (Phi) is 2.64. The monoisotopic (exact) mass is 255 g/mol. The number of H-pyrrole nitrogens is 1. The molecule has 1 fully saturated rings. The lowest BCUT2D eigenvalue weighted by molar-refractivity contribution is -0.0519. The molecule has 98 valence electrons. The summed E-state index contributed by atoms with van der Waals surface area (Å²) in [5, 5.41) is 12.4. The molecule has 0 saturated carbocycles. The predicted octanol–water partition coefficient (Wildman–Crippen LogP) is 2.40. The van der Waals surface area contributed by atoms with E-state index in [0.29, 0.717) is 0 Å². The van der Waals surface area contributed by atoms with E-state index in [2.05, 4.69) is 39.8 Å². The Labute approximate surface area is 111 Å². The lowest BCUT2D eigenvalue weighted by atomic mass is 9.98. The minimum absolute atomic E-state index is 0.235. The number of aromatic nitrogens is 2. The minimum Gasteiger partial charge on any atom is -0.373 e. The Morgan fingerprint density at radius 3 is 3.00 bits per heavy atom. The maximum Gasteiger partial charge on any atom is 0.0985 e. The lowest BCUT2D eigenvalue weighted by Crippen LogP contribution is -2.21. The van der Waals surface area contributed by atoms with Gasteiger partial charge in [-0.2, -0.15) is 5.10 Å². The Hall–Kier alpha value is -1.65. The first kappa shape index (κ1) is 11.2. The van der Waals surface area contributed by atoms with Crippen LogP contribution in [-0.2, 0) is 4.74 Å². The second-order valence-electron chi connectivity index (χ2n) is 5.18. The molecule has 2 aromatic rings. The molecule has 0 unspecified atom stereocenters. The first-order chi connectivity index (χ1) is 9.43. The van der Waals surface area contributed by atoms with E-state index < -0.39 is 0 Å². The first-order valence-electron chi connectivity index (χ1n) is 6.92. The van der Waals surface area contributed by atoms with Gasteiger partial charge in [0.05, 0.1) is 23.9 Å². The minimum atomic E-state index is 0.235. The zero-order valence-corrected chi connectivity index (χ0v) is 10.8. The molecule has 0 aliphatic carbocycles. The smallest absolute Gasteiger partial charge is 0.0985 e. The molecule has 1 aromatic heterocycles. The molecule has 0 spiro atoms. The van der Waals surface area contributed by atoms with Crippen molar-refractivity contribution in [3.05, 3.63) is 35.5 Å². The third kappa shape index (κ3) is 1.79. The standard InChI is InChI=1S/C15H17N3O/c1-4-11(13-6-8-19-13)15-12(5-1)14(17-18-15)10-3-2-7-16-9-10/h1,3-5,13,16H,2,6-9H2,(H,17,18)/t13-/m0/s1. The van der Waals surface area contributed by atoms with E-state index in [9.17, 15) is 0 Å². The molecule has 2 N–H and O–H groups in total. The average Bonchev–Trinajstić information content (AvgIpc) is 2.83. The summed E-state index contributed by atoms with van der Waals surface area (Å²) < 4.78 is 5.60. The van der Waals surface area contributed by atoms with Crippen molar-refractivity contribution in [2.45, 2.75) is 18.9 Å². The van der Waals surface area contributed by atoms with Crippen LogP contribution in [0.15, 0.2) is 24.3 Å². The van der Waals surface area contributed by atoms with Crippen molar-refractivity contribution >= 4 is 16.5 Å². The SMILES string of the molecule is C1=C(c2[nH]nc3c([C@@H]4CCO4)cccc23)CNCC1. The molecule has 2 aliphatic heterocycles. The van der Waals surface area contributed by atoms with Crippen molar-refractivity contribution < 1.29 is 4.74 Å². The van der Waals surface area contributed by atoms with Crippen LogP contribution in [0.3, 0.4) is 0 Å². The number of nitrogens with one attached hydrogen (secondary N) is 2. The molecule has 0 amide bonds. The Balaban J connectivity index is 1.83. The molecule has 1 saturated heterocycles. The van der Waals surface area contributed by atoms with Gasteiger partial charge in [-0.1, -0.05) is 24.3 Å². The summed E-state index contributed by atoms with van der Waals surface area (Å²) in [6.07, 6.45) is 4.72. The molecule has 19 heavy (non-hydrogen) atoms. The highest BCUT2D eigenvalue weighted by Crippen LogP contribution is 2.35. The normalized spacial score (nSPS) is 23.2. The number of rotatable bonds is 2. The third-order valence-electron chi connectivity index (χ3n) is 4.01. The molecular weight excluding hydrogens is 238 g/mol. The van der Waals surface area contributed by atoms with Crippen LogP contribution in [0.1, 0.15) is 30.2 Å². The van der Waals surface area contributed by atoms with Crippen LogP contribution >= 0.6 is 0 Å². The maximum atomic E-state index is 5.60. The topological polar surface area (TPSA) is 49.9 Å². The molecular formula is C15H17N3O. The zero-order chi connectivity index (χ0) is 12.7. The van der Waals surface area contributed by atoms with Gasteiger partial charge in [0.1, 0.15) is 0 Å². The highest BCUT2D eigenvalue weighted by molar-refractivity contribution is 5.92. The average molecular weight is 255 g/mol. The van der Waals surface area contributed by atoms with Gasteiger partial charge in [0.2, 0.25) is 0 Å². The molecule has 1 aromatic carbocycles. The van der Waals surface area contributed by atoms with Crippen molar-refractivity contribution in [1.82, 2.24) is 15.5 Å². The van der Waals surface area contributed by atoms with Gasteiger partial charge in [0.25, 0.3) is 0 Å². The number of hydrogen-bond acceptors (Lipinski definition) is 3. The van der Waals surface area contributed by atoms with E-state index >= 15 is 0 Å². The van der Waals surface area contributed by atoms with Gasteiger partial charge in [-0.3, -0.25) is 5.10 Å². The Morgan fingerprint density at radius 2 is 2.26 bits per heavy atom. The van der Waals surface area contributed by atoms with Crippen LogP contribution in [0.5, 0.6) is 0 Å². The summed E-state index contributed by atoms with van der Waals surface area (Å²) in [5.41, 5.74) is 4.76. The fourth-order valence-electron chi connectivity index (χ4n) is 2.88. The molecule has 4 heteroatoms. The summed E-state index contributed by atoms with van der Waals surface area (Å²) in [6.45, 7) is 2.85. The Bertz CT molecular complexity index is 640. The molecule has 0 radical (unpaired) electrons. The molecule has 4 rings (SSSR count).